The zero-order valence-corrected chi connectivity index (χ0v) is 12.0. The normalized spacial score (nSPS) is 17.0. The Hall–Kier alpha value is -2.41. The SMILES string of the molecule is O=C1C(=CC=Cc2ccccc2)CCCc2ccccc21. The molecule has 2 aromatic rings. The van der Waals surface area contributed by atoms with E-state index < -0.39 is 0 Å². The van der Waals surface area contributed by atoms with Crippen molar-refractivity contribution in [2.75, 3.05) is 0 Å². The first-order chi connectivity index (χ1) is 10.3. The van der Waals surface area contributed by atoms with E-state index in [0.29, 0.717) is 0 Å². The van der Waals surface area contributed by atoms with Crippen LogP contribution in [0.5, 0.6) is 0 Å². The summed E-state index contributed by atoms with van der Waals surface area (Å²) < 4.78 is 0. The summed E-state index contributed by atoms with van der Waals surface area (Å²) in [6.45, 7) is 0. The topological polar surface area (TPSA) is 17.1 Å². The van der Waals surface area contributed by atoms with Gasteiger partial charge in [0, 0.05) is 11.1 Å². The van der Waals surface area contributed by atoms with E-state index in [1.807, 2.05) is 54.6 Å². The number of carbonyl (C=O) groups is 1. The summed E-state index contributed by atoms with van der Waals surface area (Å²) in [4.78, 5) is 12.6. The Balaban J connectivity index is 1.84. The van der Waals surface area contributed by atoms with E-state index in [0.717, 1.165) is 36.0 Å². The average molecular weight is 274 g/mol. The number of benzene rings is 2. The van der Waals surface area contributed by atoms with Crippen molar-refractivity contribution in [3.63, 3.8) is 0 Å². The molecule has 0 saturated heterocycles. The molecule has 0 saturated carbocycles. The molecule has 0 atom stereocenters. The zero-order valence-electron chi connectivity index (χ0n) is 12.0. The smallest absolute Gasteiger partial charge is 0.189 e. The van der Waals surface area contributed by atoms with Crippen LogP contribution in [0.2, 0.25) is 0 Å². The summed E-state index contributed by atoms with van der Waals surface area (Å²) in [5, 5.41) is 0. The van der Waals surface area contributed by atoms with E-state index in [-0.39, 0.29) is 5.78 Å². The Bertz CT molecular complexity index is 693. The number of allylic oxidation sites excluding steroid dienone is 3. The number of aryl methyl sites for hydroxylation is 1. The maximum absolute atomic E-state index is 12.6. The number of ketones is 1. The van der Waals surface area contributed by atoms with Crippen LogP contribution < -0.4 is 0 Å². The summed E-state index contributed by atoms with van der Waals surface area (Å²) in [5.41, 5.74) is 4.11. The largest absolute Gasteiger partial charge is 0.289 e. The first kappa shape index (κ1) is 13.6. The molecule has 3 rings (SSSR count). The fourth-order valence-corrected chi connectivity index (χ4v) is 2.71. The Kier molecular flexibility index (Phi) is 4.11. The van der Waals surface area contributed by atoms with Crippen LogP contribution in [-0.4, -0.2) is 5.78 Å². The molecule has 0 aromatic heterocycles. The Morgan fingerprint density at radius 2 is 1.62 bits per heavy atom. The predicted molar refractivity (Wildman–Crippen MR) is 87.3 cm³/mol. The lowest BCUT2D eigenvalue weighted by atomic mass is 10.00. The van der Waals surface area contributed by atoms with Gasteiger partial charge in [-0.3, -0.25) is 4.79 Å². The quantitative estimate of drug-likeness (QED) is 0.565. The van der Waals surface area contributed by atoms with E-state index in [1.54, 1.807) is 0 Å². The molecule has 0 fully saturated rings. The summed E-state index contributed by atoms with van der Waals surface area (Å²) in [5.74, 6) is 0.181. The molecule has 0 radical (unpaired) electrons. The summed E-state index contributed by atoms with van der Waals surface area (Å²) >= 11 is 0. The van der Waals surface area contributed by atoms with Crippen molar-refractivity contribution in [1.29, 1.82) is 0 Å². The standard InChI is InChI=1S/C20H18O/c21-20-18(13-6-10-16-8-2-1-3-9-16)14-7-12-17-11-4-5-15-19(17)20/h1-6,8-11,13,15H,7,12,14H2. The van der Waals surface area contributed by atoms with Crippen molar-refractivity contribution in [3.05, 3.63) is 89.0 Å². The minimum Gasteiger partial charge on any atom is -0.289 e. The second-order valence-corrected chi connectivity index (χ2v) is 5.30. The molecule has 0 bridgehead atoms. The van der Waals surface area contributed by atoms with Crippen LogP contribution in [0.25, 0.3) is 6.08 Å². The van der Waals surface area contributed by atoms with Gasteiger partial charge in [-0.15, -0.1) is 0 Å². The van der Waals surface area contributed by atoms with Crippen LogP contribution in [-0.2, 0) is 6.42 Å². The Morgan fingerprint density at radius 3 is 2.48 bits per heavy atom. The lowest BCUT2D eigenvalue weighted by Crippen LogP contribution is -2.02. The molecule has 0 N–H and O–H groups in total. The van der Waals surface area contributed by atoms with Crippen molar-refractivity contribution in [1.82, 2.24) is 0 Å². The lowest BCUT2D eigenvalue weighted by molar-refractivity contribution is 0.103. The number of fused-ring (bicyclic) bond motifs is 1. The lowest BCUT2D eigenvalue weighted by Gasteiger charge is -2.03. The van der Waals surface area contributed by atoms with E-state index in [4.69, 9.17) is 0 Å². The Morgan fingerprint density at radius 1 is 0.857 bits per heavy atom. The van der Waals surface area contributed by atoms with E-state index in [2.05, 4.69) is 18.2 Å². The van der Waals surface area contributed by atoms with E-state index in [1.165, 1.54) is 5.56 Å². The van der Waals surface area contributed by atoms with Gasteiger partial charge in [0.1, 0.15) is 0 Å². The molecule has 104 valence electrons. The molecular weight excluding hydrogens is 256 g/mol. The first-order valence-electron chi connectivity index (χ1n) is 7.39. The maximum Gasteiger partial charge on any atom is 0.189 e. The van der Waals surface area contributed by atoms with Crippen molar-refractivity contribution < 1.29 is 4.79 Å². The highest BCUT2D eigenvalue weighted by atomic mass is 16.1. The van der Waals surface area contributed by atoms with Gasteiger partial charge in [0.15, 0.2) is 5.78 Å². The maximum atomic E-state index is 12.6. The van der Waals surface area contributed by atoms with Gasteiger partial charge in [-0.05, 0) is 30.4 Å². The first-order valence-corrected chi connectivity index (χ1v) is 7.39. The Labute approximate surface area is 125 Å². The molecule has 1 aliphatic carbocycles. The molecule has 0 aliphatic heterocycles. The van der Waals surface area contributed by atoms with Gasteiger partial charge in [-0.25, -0.2) is 0 Å². The average Bonchev–Trinajstić information content (AvgIpc) is 2.69. The van der Waals surface area contributed by atoms with Gasteiger partial charge >= 0.3 is 0 Å². The zero-order chi connectivity index (χ0) is 14.5. The molecule has 0 heterocycles. The molecule has 1 heteroatoms. The van der Waals surface area contributed by atoms with Crippen molar-refractivity contribution in [2.45, 2.75) is 19.3 Å². The van der Waals surface area contributed by atoms with Gasteiger partial charge in [-0.2, -0.15) is 0 Å². The monoisotopic (exact) mass is 274 g/mol. The minimum absolute atomic E-state index is 0.181. The van der Waals surface area contributed by atoms with Crippen molar-refractivity contribution >= 4 is 11.9 Å². The van der Waals surface area contributed by atoms with Crippen LogP contribution in [0, 0.1) is 0 Å². The van der Waals surface area contributed by atoms with Crippen molar-refractivity contribution in [3.8, 4) is 0 Å². The van der Waals surface area contributed by atoms with Gasteiger partial charge in [-0.1, -0.05) is 72.8 Å². The number of carbonyl (C=O) groups excluding carboxylic acids is 1. The van der Waals surface area contributed by atoms with Gasteiger partial charge in [0.2, 0.25) is 0 Å². The number of hydrogen-bond acceptors (Lipinski definition) is 1. The summed E-state index contributed by atoms with van der Waals surface area (Å²) in [6.07, 6.45) is 8.87. The molecule has 0 spiro atoms. The van der Waals surface area contributed by atoms with Crippen LogP contribution in [0.15, 0.2) is 72.3 Å². The molecular formula is C20H18O. The fourth-order valence-electron chi connectivity index (χ4n) is 2.71. The van der Waals surface area contributed by atoms with E-state index >= 15 is 0 Å². The second-order valence-electron chi connectivity index (χ2n) is 5.30. The molecule has 1 nitrogen and oxygen atoms in total. The molecule has 2 aromatic carbocycles. The van der Waals surface area contributed by atoms with Crippen LogP contribution in [0.3, 0.4) is 0 Å². The fraction of sp³-hybridized carbons (Fsp3) is 0.150. The predicted octanol–water partition coefficient (Wildman–Crippen LogP) is 4.85. The third-order valence-electron chi connectivity index (χ3n) is 3.83. The number of hydrogen-bond donors (Lipinski definition) is 0. The number of Topliss-reactive ketones (excluding diaryl/α,β-unsaturated/α-hetero) is 1. The van der Waals surface area contributed by atoms with Crippen LogP contribution in [0.4, 0.5) is 0 Å². The molecule has 21 heavy (non-hydrogen) atoms. The van der Waals surface area contributed by atoms with Crippen LogP contribution >= 0.6 is 0 Å². The van der Waals surface area contributed by atoms with Gasteiger partial charge in [0.05, 0.1) is 0 Å². The molecule has 0 amide bonds. The van der Waals surface area contributed by atoms with Crippen molar-refractivity contribution in [2.24, 2.45) is 0 Å². The minimum atomic E-state index is 0.181. The summed E-state index contributed by atoms with van der Waals surface area (Å²) in [6, 6.07) is 18.1. The number of rotatable bonds is 2. The third kappa shape index (κ3) is 3.19. The summed E-state index contributed by atoms with van der Waals surface area (Å²) in [7, 11) is 0. The molecule has 0 unspecified atom stereocenters. The van der Waals surface area contributed by atoms with Crippen LogP contribution in [0.1, 0.15) is 34.3 Å². The third-order valence-corrected chi connectivity index (χ3v) is 3.83. The van der Waals surface area contributed by atoms with Gasteiger partial charge in [0.25, 0.3) is 0 Å². The molecule has 1 aliphatic rings. The highest BCUT2D eigenvalue weighted by molar-refractivity contribution is 6.10. The highest BCUT2D eigenvalue weighted by Crippen LogP contribution is 2.24. The highest BCUT2D eigenvalue weighted by Gasteiger charge is 2.18. The van der Waals surface area contributed by atoms with E-state index in [9.17, 15) is 4.79 Å². The second kappa shape index (κ2) is 6.36. The van der Waals surface area contributed by atoms with Gasteiger partial charge < -0.3 is 0 Å².